The Balaban J connectivity index is 1.58. The molecule has 2 N–H and O–H groups in total. The zero-order chi connectivity index (χ0) is 18.4. The van der Waals surface area contributed by atoms with Crippen LogP contribution in [-0.2, 0) is 16.0 Å². The molecule has 0 aliphatic carbocycles. The fourth-order valence-corrected chi connectivity index (χ4v) is 3.12. The molecule has 1 aliphatic heterocycles. The first-order chi connectivity index (χ1) is 12.7. The normalized spacial score (nSPS) is 17.0. The van der Waals surface area contributed by atoms with Crippen molar-refractivity contribution in [1.82, 2.24) is 0 Å². The summed E-state index contributed by atoms with van der Waals surface area (Å²) in [5.74, 6) is 0.476. The van der Waals surface area contributed by atoms with Crippen LogP contribution in [0.15, 0.2) is 54.6 Å². The number of benzene rings is 2. The molecule has 2 amide bonds. The number of hydrogen-bond donors (Lipinski definition) is 1. The van der Waals surface area contributed by atoms with Gasteiger partial charge in [0.25, 0.3) is 5.91 Å². The smallest absolute Gasteiger partial charge is 0.292 e. The van der Waals surface area contributed by atoms with Crippen LogP contribution in [-0.4, -0.2) is 31.0 Å². The molecule has 0 saturated carbocycles. The summed E-state index contributed by atoms with van der Waals surface area (Å²) in [6.07, 6.45) is 2.06. The van der Waals surface area contributed by atoms with Crippen molar-refractivity contribution in [1.29, 1.82) is 0 Å². The second-order valence-electron chi connectivity index (χ2n) is 6.48. The van der Waals surface area contributed by atoms with Crippen LogP contribution >= 0.6 is 0 Å². The summed E-state index contributed by atoms with van der Waals surface area (Å²) in [6, 6.07) is 17.0. The number of carbonyl (C=O) groups excluding carboxylic acids is 2. The molecule has 0 aromatic heterocycles. The number of anilines is 1. The van der Waals surface area contributed by atoms with E-state index in [1.807, 2.05) is 30.4 Å². The van der Waals surface area contributed by atoms with Crippen molar-refractivity contribution in [3.05, 3.63) is 60.2 Å². The second-order valence-corrected chi connectivity index (χ2v) is 6.48. The largest absolute Gasteiger partial charge is 0.494 e. The fourth-order valence-electron chi connectivity index (χ4n) is 3.12. The quantitative estimate of drug-likeness (QED) is 0.738. The summed E-state index contributed by atoms with van der Waals surface area (Å²) in [5, 5.41) is 1.98. The third-order valence-corrected chi connectivity index (χ3v) is 4.48. The summed E-state index contributed by atoms with van der Waals surface area (Å²) >= 11 is 0. The molecular formula is C21H25N2O3+. The molecule has 26 heavy (non-hydrogen) atoms. The Labute approximate surface area is 154 Å². The van der Waals surface area contributed by atoms with Gasteiger partial charge in [-0.3, -0.25) is 9.59 Å². The van der Waals surface area contributed by atoms with Crippen molar-refractivity contribution in [2.75, 3.05) is 18.1 Å². The Morgan fingerprint density at radius 2 is 1.81 bits per heavy atom. The number of amides is 2. The molecule has 1 unspecified atom stereocenters. The zero-order valence-electron chi connectivity index (χ0n) is 15.1. The van der Waals surface area contributed by atoms with Crippen LogP contribution in [0.3, 0.4) is 0 Å². The van der Waals surface area contributed by atoms with E-state index in [0.29, 0.717) is 12.3 Å². The predicted molar refractivity (Wildman–Crippen MR) is 100 cm³/mol. The van der Waals surface area contributed by atoms with Gasteiger partial charge in [-0.15, -0.1) is 0 Å². The van der Waals surface area contributed by atoms with Gasteiger partial charge in [0.05, 0.1) is 25.3 Å². The lowest BCUT2D eigenvalue weighted by Crippen LogP contribution is -2.92. The van der Waals surface area contributed by atoms with Crippen molar-refractivity contribution in [2.45, 2.75) is 32.2 Å². The maximum Gasteiger partial charge on any atom is 0.292 e. The first kappa shape index (κ1) is 18.1. The fraction of sp³-hybridized carbons (Fsp3) is 0.333. The molecule has 0 radical (unpaired) electrons. The maximum absolute atomic E-state index is 12.7. The molecule has 5 heteroatoms. The molecule has 1 aliphatic rings. The molecule has 1 heterocycles. The number of quaternary nitrogens is 1. The first-order valence-corrected chi connectivity index (χ1v) is 9.16. The second kappa shape index (κ2) is 8.63. The first-order valence-electron chi connectivity index (χ1n) is 9.16. The van der Waals surface area contributed by atoms with Gasteiger partial charge in [-0.25, -0.2) is 4.90 Å². The van der Waals surface area contributed by atoms with Gasteiger partial charge in [0.15, 0.2) is 6.04 Å². The standard InChI is InChI=1S/C21H24N2O3/c1-2-14-26-18-10-8-17(9-11-18)23-20(24)15-19(21(23)25)22-13-12-16-6-4-3-5-7-16/h3-11,19,22H,2,12-15H2,1H3/p+1. The van der Waals surface area contributed by atoms with Gasteiger partial charge in [0, 0.05) is 6.42 Å². The van der Waals surface area contributed by atoms with Gasteiger partial charge in [0.1, 0.15) is 5.75 Å². The van der Waals surface area contributed by atoms with Crippen LogP contribution in [0.4, 0.5) is 5.69 Å². The van der Waals surface area contributed by atoms with E-state index in [4.69, 9.17) is 4.74 Å². The Kier molecular flexibility index (Phi) is 6.02. The Morgan fingerprint density at radius 1 is 1.08 bits per heavy atom. The van der Waals surface area contributed by atoms with Crippen LogP contribution in [0, 0.1) is 0 Å². The lowest BCUT2D eigenvalue weighted by atomic mass is 10.1. The van der Waals surface area contributed by atoms with Gasteiger partial charge < -0.3 is 10.1 Å². The number of imide groups is 1. The number of hydrogen-bond acceptors (Lipinski definition) is 3. The monoisotopic (exact) mass is 353 g/mol. The third kappa shape index (κ3) is 4.29. The molecule has 0 bridgehead atoms. The molecule has 3 rings (SSSR count). The molecule has 0 spiro atoms. The maximum atomic E-state index is 12.7. The zero-order valence-corrected chi connectivity index (χ0v) is 15.1. The number of carbonyl (C=O) groups is 2. The predicted octanol–water partition coefficient (Wildman–Crippen LogP) is 1.91. The average molecular weight is 353 g/mol. The minimum absolute atomic E-state index is 0.134. The molecular weight excluding hydrogens is 328 g/mol. The van der Waals surface area contributed by atoms with Crippen LogP contribution in [0.2, 0.25) is 0 Å². The van der Waals surface area contributed by atoms with E-state index in [9.17, 15) is 9.59 Å². The number of nitrogens with two attached hydrogens (primary N) is 1. The van der Waals surface area contributed by atoms with Gasteiger partial charge in [-0.1, -0.05) is 37.3 Å². The Bertz CT molecular complexity index is 744. The van der Waals surface area contributed by atoms with Crippen LogP contribution < -0.4 is 15.0 Å². The van der Waals surface area contributed by atoms with Crippen LogP contribution in [0.5, 0.6) is 5.75 Å². The highest BCUT2D eigenvalue weighted by atomic mass is 16.5. The van der Waals surface area contributed by atoms with Crippen LogP contribution in [0.1, 0.15) is 25.3 Å². The molecule has 1 atom stereocenters. The molecule has 136 valence electrons. The van der Waals surface area contributed by atoms with Gasteiger partial charge >= 0.3 is 0 Å². The van der Waals surface area contributed by atoms with E-state index in [1.54, 1.807) is 24.3 Å². The van der Waals surface area contributed by atoms with E-state index in [1.165, 1.54) is 10.5 Å². The average Bonchev–Trinajstić information content (AvgIpc) is 2.95. The lowest BCUT2D eigenvalue weighted by Gasteiger charge is -2.15. The van der Waals surface area contributed by atoms with Crippen molar-refractivity contribution in [3.8, 4) is 5.75 Å². The highest BCUT2D eigenvalue weighted by Crippen LogP contribution is 2.24. The molecule has 5 nitrogen and oxygen atoms in total. The number of ether oxygens (including phenoxy) is 1. The SMILES string of the molecule is CCCOc1ccc(N2C(=O)CC([NH2+]CCc3ccccc3)C2=O)cc1. The Morgan fingerprint density at radius 3 is 2.50 bits per heavy atom. The van der Waals surface area contributed by atoms with Crippen molar-refractivity contribution in [2.24, 2.45) is 0 Å². The highest BCUT2D eigenvalue weighted by Gasteiger charge is 2.42. The summed E-state index contributed by atoms with van der Waals surface area (Å²) in [6.45, 7) is 3.48. The summed E-state index contributed by atoms with van der Waals surface area (Å²) in [4.78, 5) is 26.3. The van der Waals surface area contributed by atoms with Gasteiger partial charge in [0.2, 0.25) is 5.91 Å². The number of rotatable bonds is 8. The van der Waals surface area contributed by atoms with Gasteiger partial charge in [-0.05, 0) is 36.2 Å². The topological polar surface area (TPSA) is 63.2 Å². The molecule has 2 aromatic rings. The number of nitrogens with zero attached hydrogens (tertiary/aromatic N) is 1. The van der Waals surface area contributed by atoms with Gasteiger partial charge in [-0.2, -0.15) is 0 Å². The van der Waals surface area contributed by atoms with E-state index in [-0.39, 0.29) is 24.3 Å². The van der Waals surface area contributed by atoms with Crippen molar-refractivity contribution in [3.63, 3.8) is 0 Å². The van der Waals surface area contributed by atoms with E-state index < -0.39 is 0 Å². The van der Waals surface area contributed by atoms with Crippen molar-refractivity contribution < 1.29 is 19.6 Å². The molecule has 1 fully saturated rings. The summed E-state index contributed by atoms with van der Waals surface area (Å²) in [5.41, 5.74) is 1.85. The highest BCUT2D eigenvalue weighted by molar-refractivity contribution is 6.21. The summed E-state index contributed by atoms with van der Waals surface area (Å²) in [7, 11) is 0. The van der Waals surface area contributed by atoms with E-state index in [0.717, 1.165) is 25.1 Å². The van der Waals surface area contributed by atoms with Crippen molar-refractivity contribution >= 4 is 17.5 Å². The van der Waals surface area contributed by atoms with Crippen LogP contribution in [0.25, 0.3) is 0 Å². The van der Waals surface area contributed by atoms with E-state index >= 15 is 0 Å². The molecule has 1 saturated heterocycles. The lowest BCUT2D eigenvalue weighted by molar-refractivity contribution is -0.674. The van der Waals surface area contributed by atoms with E-state index in [2.05, 4.69) is 12.1 Å². The summed E-state index contributed by atoms with van der Waals surface area (Å²) < 4.78 is 5.55. The minimum atomic E-state index is -0.331. The Hall–Kier alpha value is -2.66. The third-order valence-electron chi connectivity index (χ3n) is 4.48. The minimum Gasteiger partial charge on any atom is -0.494 e. The molecule has 2 aromatic carbocycles.